The predicted molar refractivity (Wildman–Crippen MR) is 102 cm³/mol. The number of hydrogen-bond acceptors (Lipinski definition) is 1. The van der Waals surface area contributed by atoms with Crippen molar-refractivity contribution in [3.8, 4) is 0 Å². The second-order valence-corrected chi connectivity index (χ2v) is 6.13. The van der Waals surface area contributed by atoms with E-state index in [1.807, 2.05) is 97.1 Å². The Bertz CT molecular complexity index is 882. The van der Waals surface area contributed by atoms with Crippen molar-refractivity contribution in [2.45, 2.75) is 12.3 Å². The zero-order chi connectivity index (χ0) is 17.7. The van der Waals surface area contributed by atoms with Crippen molar-refractivity contribution in [3.63, 3.8) is 0 Å². The average molecular weight is 328 g/mol. The molecule has 0 heterocycles. The summed E-state index contributed by atoms with van der Waals surface area (Å²) in [6.07, 6.45) is 3.99. The van der Waals surface area contributed by atoms with Crippen LogP contribution < -0.4 is 0 Å². The Kier molecular flexibility index (Phi) is 4.80. The van der Waals surface area contributed by atoms with Gasteiger partial charge in [-0.25, -0.2) is 0 Å². The zero-order valence-electron chi connectivity index (χ0n) is 14.1. The van der Waals surface area contributed by atoms with Gasteiger partial charge in [-0.1, -0.05) is 97.1 Å². The Morgan fingerprint density at radius 3 is 2.00 bits per heavy atom. The highest BCUT2D eigenvalue weighted by molar-refractivity contribution is 5.88. The van der Waals surface area contributed by atoms with Gasteiger partial charge >= 0.3 is 5.97 Å². The first-order chi connectivity index (χ1) is 12.1. The molecule has 0 unspecified atom stereocenters. The molecule has 124 valence electrons. The maximum Gasteiger partial charge on any atom is 0.318 e. The van der Waals surface area contributed by atoms with Crippen molar-refractivity contribution in [2.24, 2.45) is 0 Å². The molecule has 0 aliphatic carbocycles. The number of rotatable bonds is 5. The summed E-state index contributed by atoms with van der Waals surface area (Å²) < 4.78 is 0. The summed E-state index contributed by atoms with van der Waals surface area (Å²) in [5.41, 5.74) is 2.41. The molecular formula is C23H20O2. The van der Waals surface area contributed by atoms with Gasteiger partial charge < -0.3 is 5.11 Å². The van der Waals surface area contributed by atoms with Crippen LogP contribution in [-0.2, 0) is 10.2 Å². The topological polar surface area (TPSA) is 37.3 Å². The summed E-state index contributed by atoms with van der Waals surface area (Å²) >= 11 is 0. The molecule has 0 radical (unpaired) electrons. The molecule has 0 fully saturated rings. The molecule has 1 atom stereocenters. The highest BCUT2D eigenvalue weighted by atomic mass is 16.4. The molecule has 0 aliphatic heterocycles. The molecule has 0 aliphatic rings. The van der Waals surface area contributed by atoms with E-state index in [0.717, 1.165) is 22.3 Å². The van der Waals surface area contributed by atoms with Crippen molar-refractivity contribution in [1.29, 1.82) is 0 Å². The van der Waals surface area contributed by atoms with E-state index in [-0.39, 0.29) is 0 Å². The molecule has 25 heavy (non-hydrogen) atoms. The van der Waals surface area contributed by atoms with Crippen molar-refractivity contribution >= 4 is 18.1 Å². The largest absolute Gasteiger partial charge is 0.480 e. The van der Waals surface area contributed by atoms with Crippen molar-refractivity contribution in [3.05, 3.63) is 107 Å². The number of carboxylic acid groups (broad SMARTS) is 1. The third-order valence-electron chi connectivity index (χ3n) is 4.53. The third-order valence-corrected chi connectivity index (χ3v) is 4.53. The Morgan fingerprint density at radius 2 is 1.36 bits per heavy atom. The average Bonchev–Trinajstić information content (AvgIpc) is 2.67. The number of carbonyl (C=O) groups is 1. The molecule has 1 N–H and O–H groups in total. The summed E-state index contributed by atoms with van der Waals surface area (Å²) in [5.74, 6) is -0.862. The molecule has 0 amide bonds. The second-order valence-electron chi connectivity index (χ2n) is 6.13. The second kappa shape index (κ2) is 7.18. The van der Waals surface area contributed by atoms with Gasteiger partial charge in [0.2, 0.25) is 0 Å². The van der Waals surface area contributed by atoms with Crippen LogP contribution in [0.25, 0.3) is 12.2 Å². The van der Waals surface area contributed by atoms with Gasteiger partial charge in [-0.15, -0.1) is 0 Å². The van der Waals surface area contributed by atoms with Crippen LogP contribution in [0.5, 0.6) is 0 Å². The van der Waals surface area contributed by atoms with Crippen LogP contribution in [0.4, 0.5) is 0 Å². The summed E-state index contributed by atoms with van der Waals surface area (Å²) in [5, 5.41) is 10.0. The predicted octanol–water partition coefficient (Wildman–Crippen LogP) is 5.25. The van der Waals surface area contributed by atoms with Crippen molar-refractivity contribution < 1.29 is 9.90 Å². The summed E-state index contributed by atoms with van der Waals surface area (Å²) in [7, 11) is 0. The maximum absolute atomic E-state index is 12.2. The van der Waals surface area contributed by atoms with Crippen molar-refractivity contribution in [2.75, 3.05) is 0 Å². The van der Waals surface area contributed by atoms with Gasteiger partial charge in [-0.2, -0.15) is 0 Å². The molecule has 0 saturated carbocycles. The quantitative estimate of drug-likeness (QED) is 0.650. The zero-order valence-corrected chi connectivity index (χ0v) is 14.1. The molecule has 2 heteroatoms. The lowest BCUT2D eigenvalue weighted by molar-refractivity contribution is -0.141. The van der Waals surface area contributed by atoms with E-state index < -0.39 is 11.4 Å². The van der Waals surface area contributed by atoms with Crippen LogP contribution in [0.1, 0.15) is 29.2 Å². The number of aliphatic carboxylic acids is 1. The van der Waals surface area contributed by atoms with Crippen LogP contribution >= 0.6 is 0 Å². The molecule has 2 nitrogen and oxygen atoms in total. The molecule has 0 spiro atoms. The van der Waals surface area contributed by atoms with E-state index in [9.17, 15) is 9.90 Å². The normalized spacial score (nSPS) is 13.5. The van der Waals surface area contributed by atoms with E-state index in [1.165, 1.54) is 0 Å². The summed E-state index contributed by atoms with van der Waals surface area (Å²) in [6, 6.07) is 27.0. The first-order valence-corrected chi connectivity index (χ1v) is 8.24. The molecule has 0 bridgehead atoms. The lowest BCUT2D eigenvalue weighted by atomic mass is 9.74. The number of benzene rings is 3. The van der Waals surface area contributed by atoms with Gasteiger partial charge in [-0.3, -0.25) is 4.79 Å². The van der Waals surface area contributed by atoms with E-state index in [1.54, 1.807) is 6.92 Å². The monoisotopic (exact) mass is 328 g/mol. The van der Waals surface area contributed by atoms with E-state index in [0.29, 0.717) is 0 Å². The van der Waals surface area contributed by atoms with Gasteiger partial charge in [0, 0.05) is 0 Å². The summed E-state index contributed by atoms with van der Waals surface area (Å²) in [6.45, 7) is 1.76. The maximum atomic E-state index is 12.2. The molecule has 3 aromatic carbocycles. The first kappa shape index (κ1) is 16.7. The SMILES string of the molecule is C[C@@](C(=O)O)(c1ccccc1)c1ccccc1/C=C/c1ccccc1. The Hall–Kier alpha value is -3.13. The fourth-order valence-corrected chi connectivity index (χ4v) is 3.01. The van der Waals surface area contributed by atoms with Gasteiger partial charge in [0.15, 0.2) is 0 Å². The standard InChI is InChI=1S/C23H20O2/c1-23(22(24)25,20-13-6-3-7-14-20)21-15-9-8-12-19(21)17-16-18-10-4-2-5-11-18/h2-17H,1H3,(H,24,25)/b17-16+/t23-/m1/s1. The Morgan fingerprint density at radius 1 is 0.800 bits per heavy atom. The minimum Gasteiger partial charge on any atom is -0.480 e. The van der Waals surface area contributed by atoms with Gasteiger partial charge in [-0.05, 0) is 29.2 Å². The van der Waals surface area contributed by atoms with Crippen LogP contribution in [0.3, 0.4) is 0 Å². The lowest BCUT2D eigenvalue weighted by Crippen LogP contribution is -2.34. The van der Waals surface area contributed by atoms with Crippen LogP contribution in [0.2, 0.25) is 0 Å². The van der Waals surface area contributed by atoms with E-state index in [4.69, 9.17) is 0 Å². The fraction of sp³-hybridized carbons (Fsp3) is 0.0870. The van der Waals surface area contributed by atoms with Gasteiger partial charge in [0.25, 0.3) is 0 Å². The van der Waals surface area contributed by atoms with Crippen LogP contribution in [0, 0.1) is 0 Å². The minimum atomic E-state index is -1.11. The Balaban J connectivity index is 2.10. The van der Waals surface area contributed by atoms with Crippen molar-refractivity contribution in [1.82, 2.24) is 0 Å². The molecule has 3 rings (SSSR count). The van der Waals surface area contributed by atoms with E-state index >= 15 is 0 Å². The third kappa shape index (κ3) is 3.38. The first-order valence-electron chi connectivity index (χ1n) is 8.24. The number of carboxylic acids is 1. The molecule has 0 aromatic heterocycles. The highest BCUT2D eigenvalue weighted by Gasteiger charge is 2.38. The van der Waals surface area contributed by atoms with E-state index in [2.05, 4.69) is 0 Å². The fourth-order valence-electron chi connectivity index (χ4n) is 3.01. The minimum absolute atomic E-state index is 0.767. The summed E-state index contributed by atoms with van der Waals surface area (Å²) in [4.78, 5) is 12.2. The van der Waals surface area contributed by atoms with Crippen LogP contribution in [-0.4, -0.2) is 11.1 Å². The molecule has 0 saturated heterocycles. The van der Waals surface area contributed by atoms with Gasteiger partial charge in [0.05, 0.1) is 0 Å². The van der Waals surface area contributed by atoms with Crippen LogP contribution in [0.15, 0.2) is 84.9 Å². The molecule has 3 aromatic rings. The smallest absolute Gasteiger partial charge is 0.318 e. The lowest BCUT2D eigenvalue weighted by Gasteiger charge is -2.27. The molecular weight excluding hydrogens is 308 g/mol. The van der Waals surface area contributed by atoms with Gasteiger partial charge in [0.1, 0.15) is 5.41 Å². The Labute approximate surface area is 148 Å². The number of hydrogen-bond donors (Lipinski definition) is 1. The highest BCUT2D eigenvalue weighted by Crippen LogP contribution is 2.35.